The molecule has 2 aromatic carbocycles. The van der Waals surface area contributed by atoms with Crippen molar-refractivity contribution in [2.75, 3.05) is 26.6 Å². The van der Waals surface area contributed by atoms with Gasteiger partial charge in [-0.15, -0.1) is 56.7 Å². The summed E-state index contributed by atoms with van der Waals surface area (Å²) in [5.74, 6) is -3.95. The minimum Gasteiger partial charge on any atom is -0.463 e. The van der Waals surface area contributed by atoms with Gasteiger partial charge in [0.15, 0.2) is 63.8 Å². The number of anilines is 5. The number of pyridine rings is 5. The van der Waals surface area contributed by atoms with Gasteiger partial charge in [-0.3, -0.25) is 57.3 Å². The van der Waals surface area contributed by atoms with Crippen molar-refractivity contribution in [3.05, 3.63) is 351 Å². The Kier molecular flexibility index (Phi) is 28.0. The van der Waals surface area contributed by atoms with Gasteiger partial charge in [-0.05, 0) is 207 Å². The Balaban J connectivity index is 0.000000123. The summed E-state index contributed by atoms with van der Waals surface area (Å²) < 4.78 is 121. The van der Waals surface area contributed by atoms with Crippen LogP contribution in [0.3, 0.4) is 0 Å². The van der Waals surface area contributed by atoms with Crippen LogP contribution < -0.4 is 26.6 Å². The number of amides is 5. The van der Waals surface area contributed by atoms with Crippen molar-refractivity contribution < 1.29 is 68.0 Å². The van der Waals surface area contributed by atoms with E-state index in [1.807, 2.05) is 75.7 Å². The second kappa shape index (κ2) is 41.3. The zero-order valence-electron chi connectivity index (χ0n) is 71.2. The summed E-state index contributed by atoms with van der Waals surface area (Å²) in [4.78, 5) is 87.2. The van der Waals surface area contributed by atoms with Gasteiger partial charge in [0.25, 0.3) is 29.5 Å². The predicted molar refractivity (Wildman–Crippen MR) is 502 cm³/mol. The first-order valence-corrected chi connectivity index (χ1v) is 44.3. The summed E-state index contributed by atoms with van der Waals surface area (Å²) in [6.07, 6.45) is 14.0. The Morgan fingerprint density at radius 3 is 0.881 bits per heavy atom. The van der Waals surface area contributed by atoms with E-state index in [1.165, 1.54) is 142 Å². The van der Waals surface area contributed by atoms with E-state index in [0.29, 0.717) is 86.8 Å². The quantitative estimate of drug-likeness (QED) is 0.0443. The molecule has 0 saturated heterocycles. The van der Waals surface area contributed by atoms with E-state index in [1.54, 1.807) is 172 Å². The van der Waals surface area contributed by atoms with E-state index in [9.17, 15) is 54.7 Å². The Labute approximate surface area is 781 Å². The maximum atomic E-state index is 14.0. The van der Waals surface area contributed by atoms with E-state index in [0.717, 1.165) is 65.2 Å². The SMILES string of the molecule is Cc1cnc(NC(=O)c2ccc(-c3cc(-c4ccco4)nn3C)s2)c(F)c1.Cn1nc(-c2ccccc2F)cc1-c1ccc(C(=O)Nc2ccncc2F)s1.Cn1nc(-c2ccccc2F)cc1-c1ccc(C(=O)Nc2ncccc2F)s1.Cn1nc(-c2ccco2)cc1-c1ccc(C(=O)Nc2ccncc2F)s1.Cn1nc(-c2ccco2)cc1-c1ccc(C(=O)Nc2ncccc2F)s1. The van der Waals surface area contributed by atoms with E-state index in [2.05, 4.69) is 77.0 Å². The third-order valence-corrected chi connectivity index (χ3v) is 25.2. The Hall–Kier alpha value is -16.6. The average Bonchev–Trinajstić information content (AvgIpc) is 1.74. The number of aryl methyl sites for hydroxylation is 6. The van der Waals surface area contributed by atoms with Crippen molar-refractivity contribution in [2.45, 2.75) is 6.92 Å². The Bertz CT molecular complexity index is 7300. The number of carbonyl (C=O) groups excluding carboxylic acids is 5. The maximum Gasteiger partial charge on any atom is 0.266 e. The highest BCUT2D eigenvalue weighted by molar-refractivity contribution is 7.19. The molecule has 18 aromatic heterocycles. The van der Waals surface area contributed by atoms with Gasteiger partial charge >= 0.3 is 0 Å². The number of halogens is 7. The standard InChI is InChI=1S/2C20H14F2N4OS.C19H15FN4O2S.2C18H13FN4O2S/c1-26-16(11-15(25-26)12-5-2-3-6-13(12)21)17-8-9-18(28-17)20(27)24-19-14(22)7-4-10-23-19;1-26-17(10-16(25-26)12-4-2-3-5-13(12)21)18-6-7-19(28-18)20(27)24-15-8-9-23-11-14(15)22;1-11-8-12(20)18(21-10-11)22-19(25)17-6-5-16(27-17)14-9-13(23-24(14)2)15-4-3-7-26-15;1-23-13(10-12(22-23)14-5-3-9-25-14)15-6-7-16(26-15)18(24)21-17-11(19)4-2-8-20-17;1-23-14(9-13(22-23)15-3-2-8-25-15)16-4-5-17(26-16)18(24)21-12-6-7-20-10-11(12)19/h2*2-11H,1H3,(H,23,24,27);3-10H,1-2H3,(H,21,22,25);2*2-10H,1H3,(H,20,21,24). The zero-order valence-corrected chi connectivity index (χ0v) is 75.3. The molecule has 28 nitrogen and oxygen atoms in total. The van der Waals surface area contributed by atoms with Crippen LogP contribution in [0.1, 0.15) is 53.9 Å². The molecule has 676 valence electrons. The molecule has 18 heterocycles. The average molecular weight is 1910 g/mol. The largest absolute Gasteiger partial charge is 0.463 e. The highest BCUT2D eigenvalue weighted by atomic mass is 32.1. The number of furan rings is 3. The van der Waals surface area contributed by atoms with Gasteiger partial charge in [0.05, 0.1) is 131 Å². The number of hydrogen-bond acceptors (Lipinski definition) is 23. The summed E-state index contributed by atoms with van der Waals surface area (Å²) in [6.45, 7) is 1.73. The molecular weight excluding hydrogens is 1840 g/mol. The summed E-state index contributed by atoms with van der Waals surface area (Å²) in [5, 5.41) is 34.6. The maximum absolute atomic E-state index is 14.0. The van der Waals surface area contributed by atoms with Gasteiger partial charge in [0.1, 0.15) is 28.7 Å². The Morgan fingerprint density at radius 2 is 0.585 bits per heavy atom. The van der Waals surface area contributed by atoms with Gasteiger partial charge in [-0.2, -0.15) is 25.5 Å². The topological polar surface area (TPSA) is 338 Å². The Morgan fingerprint density at radius 1 is 0.289 bits per heavy atom. The van der Waals surface area contributed by atoms with Crippen LogP contribution in [0.4, 0.5) is 59.6 Å². The molecule has 5 amide bonds. The molecule has 5 N–H and O–H groups in total. The van der Waals surface area contributed by atoms with Crippen molar-refractivity contribution in [2.24, 2.45) is 35.2 Å². The van der Waals surface area contributed by atoms with Crippen molar-refractivity contribution in [3.8, 4) is 110 Å². The van der Waals surface area contributed by atoms with Gasteiger partial charge < -0.3 is 39.8 Å². The molecule has 0 aliphatic rings. The lowest BCUT2D eigenvalue weighted by molar-refractivity contribution is 0.102. The first-order chi connectivity index (χ1) is 65.3. The molecular formula is C95H69F7N20O8S5. The molecule has 135 heavy (non-hydrogen) atoms. The first-order valence-electron chi connectivity index (χ1n) is 40.2. The lowest BCUT2D eigenvalue weighted by Crippen LogP contribution is -2.12. The number of nitrogens with zero attached hydrogens (tertiary/aromatic N) is 15. The minimum absolute atomic E-state index is 0.0670. The first kappa shape index (κ1) is 91.7. The molecule has 0 aliphatic carbocycles. The smallest absolute Gasteiger partial charge is 0.266 e. The molecule has 0 unspecified atom stereocenters. The summed E-state index contributed by atoms with van der Waals surface area (Å²) in [6, 6.07) is 59.9. The molecule has 20 aromatic rings. The lowest BCUT2D eigenvalue weighted by atomic mass is 10.1. The van der Waals surface area contributed by atoms with E-state index >= 15 is 0 Å². The zero-order chi connectivity index (χ0) is 94.5. The van der Waals surface area contributed by atoms with E-state index in [4.69, 9.17) is 13.3 Å². The lowest BCUT2D eigenvalue weighted by Gasteiger charge is -2.04. The molecule has 0 aliphatic heterocycles. The molecule has 0 fully saturated rings. The summed E-state index contributed by atoms with van der Waals surface area (Å²) in [5.41, 5.74) is 8.87. The predicted octanol–water partition coefficient (Wildman–Crippen LogP) is 22.4. The number of carbonyl (C=O) groups is 5. The number of aromatic nitrogens is 15. The molecule has 40 heteroatoms. The van der Waals surface area contributed by atoms with Crippen LogP contribution in [0.2, 0.25) is 0 Å². The number of nitrogens with one attached hydrogen (secondary N) is 5. The fourth-order valence-corrected chi connectivity index (χ4v) is 17.9. The van der Waals surface area contributed by atoms with Gasteiger partial charge in [0.2, 0.25) is 0 Å². The van der Waals surface area contributed by atoms with E-state index < -0.39 is 52.7 Å². The molecule has 0 bridgehead atoms. The molecule has 0 saturated carbocycles. The van der Waals surface area contributed by atoms with Gasteiger partial charge in [-0.25, -0.2) is 45.7 Å². The molecule has 0 spiro atoms. The van der Waals surface area contributed by atoms with Crippen LogP contribution in [-0.2, 0) is 35.2 Å². The summed E-state index contributed by atoms with van der Waals surface area (Å²) >= 11 is 6.36. The number of benzene rings is 2. The van der Waals surface area contributed by atoms with Crippen molar-refractivity contribution in [1.82, 2.24) is 73.8 Å². The van der Waals surface area contributed by atoms with Crippen LogP contribution in [0.15, 0.2) is 294 Å². The third-order valence-electron chi connectivity index (χ3n) is 19.7. The van der Waals surface area contributed by atoms with Crippen molar-refractivity contribution in [3.63, 3.8) is 0 Å². The van der Waals surface area contributed by atoms with Gasteiger partial charge in [-0.1, -0.05) is 24.3 Å². The highest BCUT2D eigenvalue weighted by Crippen LogP contribution is 2.39. The van der Waals surface area contributed by atoms with Crippen LogP contribution in [0.5, 0.6) is 0 Å². The third kappa shape index (κ3) is 21.7. The normalized spacial score (nSPS) is 10.9. The van der Waals surface area contributed by atoms with E-state index in [-0.39, 0.29) is 46.4 Å². The van der Waals surface area contributed by atoms with Crippen molar-refractivity contribution >= 4 is 115 Å². The van der Waals surface area contributed by atoms with Crippen LogP contribution in [0.25, 0.3) is 110 Å². The second-order valence-corrected chi connectivity index (χ2v) is 34.3. The minimum atomic E-state index is -0.603. The molecule has 0 atom stereocenters. The summed E-state index contributed by atoms with van der Waals surface area (Å²) in [7, 11) is 8.98. The van der Waals surface area contributed by atoms with Crippen molar-refractivity contribution in [1.29, 1.82) is 0 Å². The number of hydrogen-bond donors (Lipinski definition) is 5. The fraction of sp³-hybridized carbons (Fsp3) is 0.0632. The molecule has 20 rings (SSSR count). The van der Waals surface area contributed by atoms with Crippen LogP contribution in [-0.4, -0.2) is 103 Å². The second-order valence-electron chi connectivity index (χ2n) is 28.9. The molecule has 0 radical (unpaired) electrons. The van der Waals surface area contributed by atoms with Crippen LogP contribution >= 0.6 is 56.7 Å². The highest BCUT2D eigenvalue weighted by Gasteiger charge is 2.25. The van der Waals surface area contributed by atoms with Crippen LogP contribution in [0, 0.1) is 47.6 Å². The number of rotatable bonds is 20. The fourth-order valence-electron chi connectivity index (χ4n) is 13.1. The number of thiophene rings is 5. The van der Waals surface area contributed by atoms with Gasteiger partial charge in [0, 0.05) is 77.3 Å². The monoisotopic (exact) mass is 1910 g/mol.